The molecule has 6 heteroatoms. The first-order valence-electron chi connectivity index (χ1n) is 6.65. The maximum absolute atomic E-state index is 12.2. The van der Waals surface area contributed by atoms with E-state index in [1.807, 2.05) is 6.92 Å². The maximum Gasteiger partial charge on any atom is 0.314 e. The minimum absolute atomic E-state index is 0.207. The molecule has 1 aliphatic carbocycles. The third-order valence-corrected chi connectivity index (χ3v) is 5.68. The van der Waals surface area contributed by atoms with Crippen LogP contribution in [0.3, 0.4) is 0 Å². The number of carbonyl (C=O) groups is 1. The van der Waals surface area contributed by atoms with Gasteiger partial charge in [-0.05, 0) is 37.0 Å². The molecule has 0 unspecified atom stereocenters. The van der Waals surface area contributed by atoms with Crippen molar-refractivity contribution in [3.8, 4) is 0 Å². The Bertz CT molecular complexity index is 603. The normalized spacial score (nSPS) is 17.1. The molecule has 0 radical (unpaired) electrons. The highest BCUT2D eigenvalue weighted by molar-refractivity contribution is 7.89. The highest BCUT2D eigenvalue weighted by Crippen LogP contribution is 2.48. The zero-order valence-corrected chi connectivity index (χ0v) is 12.5. The second kappa shape index (κ2) is 5.18. The Morgan fingerprint density at radius 3 is 2.25 bits per heavy atom. The van der Waals surface area contributed by atoms with E-state index in [1.165, 1.54) is 16.4 Å². The largest absolute Gasteiger partial charge is 0.481 e. The van der Waals surface area contributed by atoms with Crippen LogP contribution >= 0.6 is 0 Å². The van der Waals surface area contributed by atoms with E-state index in [0.717, 1.165) is 6.42 Å². The zero-order chi connectivity index (χ0) is 15.0. The quantitative estimate of drug-likeness (QED) is 0.869. The Morgan fingerprint density at radius 1 is 1.30 bits per heavy atom. The summed E-state index contributed by atoms with van der Waals surface area (Å²) in [5.74, 6) is -0.837. The van der Waals surface area contributed by atoms with E-state index in [1.54, 1.807) is 19.2 Å². The molecule has 1 aliphatic rings. The van der Waals surface area contributed by atoms with E-state index in [0.29, 0.717) is 24.9 Å². The summed E-state index contributed by atoms with van der Waals surface area (Å²) in [5.41, 5.74) is -0.112. The van der Waals surface area contributed by atoms with Crippen molar-refractivity contribution >= 4 is 16.0 Å². The number of rotatable bonds is 6. The van der Waals surface area contributed by atoms with Gasteiger partial charge >= 0.3 is 5.97 Å². The molecule has 1 N–H and O–H groups in total. The van der Waals surface area contributed by atoms with Gasteiger partial charge in [0, 0.05) is 13.6 Å². The lowest BCUT2D eigenvalue weighted by Gasteiger charge is -2.17. The summed E-state index contributed by atoms with van der Waals surface area (Å²) in [4.78, 5) is 11.4. The van der Waals surface area contributed by atoms with Crippen LogP contribution in [-0.4, -0.2) is 37.4 Å². The summed E-state index contributed by atoms with van der Waals surface area (Å²) >= 11 is 0. The van der Waals surface area contributed by atoms with E-state index in [2.05, 4.69) is 0 Å². The van der Waals surface area contributed by atoms with Crippen molar-refractivity contribution < 1.29 is 18.3 Å². The maximum atomic E-state index is 12.2. The first kappa shape index (κ1) is 15.0. The molecule has 0 atom stereocenters. The van der Waals surface area contributed by atoms with Gasteiger partial charge in [0.1, 0.15) is 0 Å². The SMILES string of the molecule is CCCN(C)S(=O)(=O)c1ccc(C2(C(=O)O)CC2)cc1. The van der Waals surface area contributed by atoms with Crippen molar-refractivity contribution in [1.29, 1.82) is 0 Å². The Kier molecular flexibility index (Phi) is 3.88. The molecule has 0 amide bonds. The predicted molar refractivity (Wildman–Crippen MR) is 75.1 cm³/mol. The predicted octanol–water partition coefficient (Wildman–Crippen LogP) is 1.83. The number of hydrogen-bond donors (Lipinski definition) is 1. The van der Waals surface area contributed by atoms with Crippen LogP contribution in [0.1, 0.15) is 31.7 Å². The van der Waals surface area contributed by atoms with Crippen LogP contribution in [-0.2, 0) is 20.2 Å². The van der Waals surface area contributed by atoms with Crippen LogP contribution < -0.4 is 0 Å². The number of benzene rings is 1. The third-order valence-electron chi connectivity index (χ3n) is 3.81. The molecule has 2 rings (SSSR count). The first-order chi connectivity index (χ1) is 9.34. The highest BCUT2D eigenvalue weighted by atomic mass is 32.2. The molecule has 0 aromatic heterocycles. The molecule has 0 heterocycles. The average molecular weight is 297 g/mol. The molecule has 110 valence electrons. The Balaban J connectivity index is 2.27. The van der Waals surface area contributed by atoms with Gasteiger partial charge in [-0.3, -0.25) is 4.79 Å². The first-order valence-corrected chi connectivity index (χ1v) is 8.09. The van der Waals surface area contributed by atoms with E-state index < -0.39 is 21.4 Å². The van der Waals surface area contributed by atoms with Crippen molar-refractivity contribution in [2.45, 2.75) is 36.5 Å². The zero-order valence-electron chi connectivity index (χ0n) is 11.7. The molecular weight excluding hydrogens is 278 g/mol. The molecule has 0 aliphatic heterocycles. The van der Waals surface area contributed by atoms with Gasteiger partial charge in [0.05, 0.1) is 10.3 Å². The van der Waals surface area contributed by atoms with Gasteiger partial charge in [-0.1, -0.05) is 19.1 Å². The molecule has 1 aromatic carbocycles. The van der Waals surface area contributed by atoms with E-state index in [4.69, 9.17) is 0 Å². The monoisotopic (exact) mass is 297 g/mol. The van der Waals surface area contributed by atoms with Crippen LogP contribution in [0.4, 0.5) is 0 Å². The smallest absolute Gasteiger partial charge is 0.314 e. The van der Waals surface area contributed by atoms with Crippen LogP contribution in [0.25, 0.3) is 0 Å². The van der Waals surface area contributed by atoms with Crippen molar-refractivity contribution in [2.75, 3.05) is 13.6 Å². The fourth-order valence-corrected chi connectivity index (χ4v) is 3.57. The van der Waals surface area contributed by atoms with Crippen molar-refractivity contribution in [2.24, 2.45) is 0 Å². The molecule has 0 spiro atoms. The van der Waals surface area contributed by atoms with Gasteiger partial charge < -0.3 is 5.11 Å². The van der Waals surface area contributed by atoms with Gasteiger partial charge in [-0.15, -0.1) is 0 Å². The lowest BCUT2D eigenvalue weighted by molar-refractivity contribution is -0.140. The summed E-state index contributed by atoms with van der Waals surface area (Å²) in [6.07, 6.45) is 1.98. The van der Waals surface area contributed by atoms with Crippen molar-refractivity contribution in [3.05, 3.63) is 29.8 Å². The van der Waals surface area contributed by atoms with Crippen LogP contribution in [0.5, 0.6) is 0 Å². The number of sulfonamides is 1. The number of carboxylic acids is 1. The molecular formula is C14H19NO4S. The molecule has 1 aromatic rings. The number of hydrogen-bond acceptors (Lipinski definition) is 3. The van der Waals surface area contributed by atoms with E-state index >= 15 is 0 Å². The highest BCUT2D eigenvalue weighted by Gasteiger charge is 2.51. The Hall–Kier alpha value is -1.40. The molecule has 20 heavy (non-hydrogen) atoms. The molecule has 1 saturated carbocycles. The number of aliphatic carboxylic acids is 1. The summed E-state index contributed by atoms with van der Waals surface area (Å²) in [6, 6.07) is 6.24. The van der Waals surface area contributed by atoms with Crippen LogP contribution in [0, 0.1) is 0 Å². The fraction of sp³-hybridized carbons (Fsp3) is 0.500. The summed E-state index contributed by atoms with van der Waals surface area (Å²) < 4.78 is 25.8. The van der Waals surface area contributed by atoms with Crippen molar-refractivity contribution in [1.82, 2.24) is 4.31 Å². The van der Waals surface area contributed by atoms with Gasteiger partial charge in [0.15, 0.2) is 0 Å². The lowest BCUT2D eigenvalue weighted by Crippen LogP contribution is -2.27. The second-order valence-corrected chi connectivity index (χ2v) is 7.28. The summed E-state index contributed by atoms with van der Waals surface area (Å²) in [6.45, 7) is 2.38. The lowest BCUT2D eigenvalue weighted by atomic mass is 9.96. The van der Waals surface area contributed by atoms with Gasteiger partial charge in [-0.2, -0.15) is 0 Å². The average Bonchev–Trinajstić information content (AvgIpc) is 3.20. The fourth-order valence-electron chi connectivity index (χ4n) is 2.31. The van der Waals surface area contributed by atoms with Crippen LogP contribution in [0.2, 0.25) is 0 Å². The van der Waals surface area contributed by atoms with E-state index in [9.17, 15) is 18.3 Å². The van der Waals surface area contributed by atoms with Gasteiger partial charge in [0.25, 0.3) is 0 Å². The number of nitrogens with zero attached hydrogens (tertiary/aromatic N) is 1. The van der Waals surface area contributed by atoms with Gasteiger partial charge in [-0.25, -0.2) is 12.7 Å². The summed E-state index contributed by atoms with van der Waals surface area (Å²) in [5, 5.41) is 9.22. The standard InChI is InChI=1S/C14H19NO4S/c1-3-10-15(2)20(18,19)12-6-4-11(5-7-12)14(8-9-14)13(16)17/h4-7H,3,8-10H2,1-2H3,(H,16,17). The molecule has 5 nitrogen and oxygen atoms in total. The molecule has 0 bridgehead atoms. The van der Waals surface area contributed by atoms with Gasteiger partial charge in [0.2, 0.25) is 10.0 Å². The van der Waals surface area contributed by atoms with Crippen LogP contribution in [0.15, 0.2) is 29.2 Å². The number of carboxylic acid groups (broad SMARTS) is 1. The Morgan fingerprint density at radius 2 is 1.85 bits per heavy atom. The molecule has 1 fully saturated rings. The topological polar surface area (TPSA) is 74.7 Å². The summed E-state index contributed by atoms with van der Waals surface area (Å²) in [7, 11) is -1.93. The van der Waals surface area contributed by atoms with E-state index in [-0.39, 0.29) is 4.90 Å². The van der Waals surface area contributed by atoms with Crippen molar-refractivity contribution in [3.63, 3.8) is 0 Å². The Labute approximate surface area is 119 Å². The minimum atomic E-state index is -3.48. The minimum Gasteiger partial charge on any atom is -0.481 e. The third kappa shape index (κ3) is 2.45. The molecule has 0 saturated heterocycles. The second-order valence-electron chi connectivity index (χ2n) is 5.24.